The lowest BCUT2D eigenvalue weighted by molar-refractivity contribution is 0.414. The van der Waals surface area contributed by atoms with Gasteiger partial charge in [0.1, 0.15) is 5.75 Å². The molecule has 1 atom stereocenters. The fourth-order valence-electron chi connectivity index (χ4n) is 1.96. The number of benzene rings is 2. The molecule has 1 nitrogen and oxygen atoms in total. The fourth-order valence-corrected chi connectivity index (χ4v) is 3.23. The molecule has 0 fully saturated rings. The lowest BCUT2D eigenvalue weighted by atomic mass is 10.0. The zero-order chi connectivity index (χ0) is 13.8. The molecule has 0 aliphatic carbocycles. The van der Waals surface area contributed by atoms with Crippen molar-refractivity contribution in [1.29, 1.82) is 0 Å². The van der Waals surface area contributed by atoms with E-state index >= 15 is 0 Å². The van der Waals surface area contributed by atoms with Crippen molar-refractivity contribution in [1.82, 2.24) is 0 Å². The number of rotatable bonds is 4. The summed E-state index contributed by atoms with van der Waals surface area (Å²) in [4.78, 5) is 0. The van der Waals surface area contributed by atoms with Gasteiger partial charge >= 0.3 is 0 Å². The Morgan fingerprint density at radius 2 is 1.84 bits per heavy atom. The molecule has 0 aliphatic rings. The highest BCUT2D eigenvalue weighted by Gasteiger charge is 2.12. The third-order valence-electron chi connectivity index (χ3n) is 3.07. The number of hydrogen-bond donors (Lipinski definition) is 0. The molecule has 19 heavy (non-hydrogen) atoms. The maximum atomic E-state index is 6.51. The van der Waals surface area contributed by atoms with E-state index in [-0.39, 0.29) is 5.38 Å². The van der Waals surface area contributed by atoms with Crippen LogP contribution >= 0.6 is 27.5 Å². The third kappa shape index (κ3) is 3.74. The Hall–Kier alpha value is -0.990. The molecule has 0 amide bonds. The number of hydrogen-bond acceptors (Lipinski definition) is 1. The normalized spacial score (nSPS) is 12.2. The van der Waals surface area contributed by atoms with Gasteiger partial charge in [0.05, 0.1) is 12.5 Å². The molecule has 2 aromatic carbocycles. The summed E-state index contributed by atoms with van der Waals surface area (Å²) in [7, 11) is 1.67. The van der Waals surface area contributed by atoms with Crippen molar-refractivity contribution >= 4 is 27.5 Å². The van der Waals surface area contributed by atoms with Gasteiger partial charge in [0, 0.05) is 4.47 Å². The number of methoxy groups -OCH3 is 1. The summed E-state index contributed by atoms with van der Waals surface area (Å²) in [6.07, 6.45) is 0.799. The minimum atomic E-state index is -0.0385. The first-order valence-electron chi connectivity index (χ1n) is 6.13. The zero-order valence-corrected chi connectivity index (χ0v) is 13.3. The van der Waals surface area contributed by atoms with Gasteiger partial charge in [0.2, 0.25) is 0 Å². The molecule has 100 valence electrons. The average molecular weight is 340 g/mol. The predicted octanol–water partition coefficient (Wildman–Crippen LogP) is 5.29. The molecule has 0 saturated carbocycles. The van der Waals surface area contributed by atoms with Crippen molar-refractivity contribution in [2.45, 2.75) is 18.7 Å². The second kappa shape index (κ2) is 6.44. The van der Waals surface area contributed by atoms with Gasteiger partial charge in [-0.1, -0.05) is 40.2 Å². The van der Waals surface area contributed by atoms with Gasteiger partial charge in [-0.15, -0.1) is 11.6 Å². The van der Waals surface area contributed by atoms with E-state index in [2.05, 4.69) is 53.2 Å². The van der Waals surface area contributed by atoms with Crippen LogP contribution in [0.25, 0.3) is 0 Å². The van der Waals surface area contributed by atoms with Crippen LogP contribution in [0.3, 0.4) is 0 Å². The van der Waals surface area contributed by atoms with Crippen LogP contribution in [0.5, 0.6) is 5.75 Å². The Labute approximate surface area is 127 Å². The van der Waals surface area contributed by atoms with E-state index in [0.29, 0.717) is 0 Å². The lowest BCUT2D eigenvalue weighted by Gasteiger charge is -2.13. The summed E-state index contributed by atoms with van der Waals surface area (Å²) >= 11 is 10.1. The van der Waals surface area contributed by atoms with Crippen LogP contribution in [0.4, 0.5) is 0 Å². The largest absolute Gasteiger partial charge is 0.497 e. The van der Waals surface area contributed by atoms with E-state index in [9.17, 15) is 0 Å². The molecular formula is C16H16BrClO. The van der Waals surface area contributed by atoms with Gasteiger partial charge in [-0.2, -0.15) is 0 Å². The summed E-state index contributed by atoms with van der Waals surface area (Å²) in [5.41, 5.74) is 3.56. The van der Waals surface area contributed by atoms with Crippen LogP contribution in [0.2, 0.25) is 0 Å². The highest BCUT2D eigenvalue weighted by molar-refractivity contribution is 9.10. The summed E-state index contributed by atoms with van der Waals surface area (Å²) in [5, 5.41) is -0.0385. The van der Waals surface area contributed by atoms with Crippen LogP contribution in [0, 0.1) is 6.92 Å². The first-order valence-corrected chi connectivity index (χ1v) is 7.36. The van der Waals surface area contributed by atoms with E-state index in [1.807, 2.05) is 12.1 Å². The second-order valence-corrected chi connectivity index (χ2v) is 5.93. The van der Waals surface area contributed by atoms with Gasteiger partial charge in [-0.25, -0.2) is 0 Å². The highest BCUT2D eigenvalue weighted by Crippen LogP contribution is 2.31. The van der Waals surface area contributed by atoms with Crippen molar-refractivity contribution in [2.75, 3.05) is 7.11 Å². The maximum Gasteiger partial charge on any atom is 0.118 e. The number of aryl methyl sites for hydroxylation is 1. The van der Waals surface area contributed by atoms with E-state index < -0.39 is 0 Å². The maximum absolute atomic E-state index is 6.51. The molecule has 0 aromatic heterocycles. The number of ether oxygens (including phenoxy) is 1. The van der Waals surface area contributed by atoms with E-state index in [0.717, 1.165) is 22.2 Å². The molecule has 2 rings (SSSR count). The summed E-state index contributed by atoms with van der Waals surface area (Å²) in [6.45, 7) is 2.07. The highest BCUT2D eigenvalue weighted by atomic mass is 79.9. The van der Waals surface area contributed by atoms with Crippen LogP contribution in [-0.2, 0) is 6.42 Å². The Morgan fingerprint density at radius 3 is 2.42 bits per heavy atom. The van der Waals surface area contributed by atoms with Crippen LogP contribution in [0.15, 0.2) is 46.9 Å². The molecule has 0 spiro atoms. The molecule has 0 saturated heterocycles. The molecule has 0 heterocycles. The molecule has 1 unspecified atom stereocenters. The quantitative estimate of drug-likeness (QED) is 0.688. The first kappa shape index (κ1) is 14.4. The fraction of sp³-hybridized carbons (Fsp3) is 0.250. The first-order chi connectivity index (χ1) is 9.10. The molecular weight excluding hydrogens is 324 g/mol. The lowest BCUT2D eigenvalue weighted by Crippen LogP contribution is -1.97. The number of alkyl halides is 1. The van der Waals surface area contributed by atoms with Crippen molar-refractivity contribution in [3.63, 3.8) is 0 Å². The smallest absolute Gasteiger partial charge is 0.118 e. The molecule has 0 radical (unpaired) electrons. The molecule has 0 aliphatic heterocycles. The van der Waals surface area contributed by atoms with Crippen LogP contribution < -0.4 is 4.74 Å². The molecule has 2 aromatic rings. The standard InChI is InChI=1S/C16H16BrClO/c1-11-3-8-14(15(17)9-11)16(18)10-12-4-6-13(19-2)7-5-12/h3-9,16H,10H2,1-2H3. The summed E-state index contributed by atoms with van der Waals surface area (Å²) in [6, 6.07) is 14.3. The second-order valence-electron chi connectivity index (χ2n) is 4.54. The van der Waals surface area contributed by atoms with Crippen molar-refractivity contribution in [3.05, 3.63) is 63.6 Å². The topological polar surface area (TPSA) is 9.23 Å². The van der Waals surface area contributed by atoms with Crippen molar-refractivity contribution in [3.8, 4) is 5.75 Å². The van der Waals surface area contributed by atoms with Crippen molar-refractivity contribution in [2.24, 2.45) is 0 Å². The minimum Gasteiger partial charge on any atom is -0.497 e. The average Bonchev–Trinajstić information content (AvgIpc) is 2.39. The summed E-state index contributed by atoms with van der Waals surface area (Å²) < 4.78 is 6.22. The predicted molar refractivity (Wildman–Crippen MR) is 84.2 cm³/mol. The monoisotopic (exact) mass is 338 g/mol. The molecule has 3 heteroatoms. The Morgan fingerprint density at radius 1 is 1.16 bits per heavy atom. The Balaban J connectivity index is 2.13. The third-order valence-corrected chi connectivity index (χ3v) is 4.14. The minimum absolute atomic E-state index is 0.0385. The van der Waals surface area contributed by atoms with Gasteiger partial charge in [-0.3, -0.25) is 0 Å². The number of halogens is 2. The van der Waals surface area contributed by atoms with Crippen molar-refractivity contribution < 1.29 is 4.74 Å². The summed E-state index contributed by atoms with van der Waals surface area (Å²) in [5.74, 6) is 0.867. The van der Waals surface area contributed by atoms with Gasteiger partial charge in [0.15, 0.2) is 0 Å². The Bertz CT molecular complexity index is 551. The van der Waals surface area contributed by atoms with Gasteiger partial charge in [-0.05, 0) is 48.2 Å². The molecule has 0 N–H and O–H groups in total. The van der Waals surface area contributed by atoms with Gasteiger partial charge in [0.25, 0.3) is 0 Å². The van der Waals surface area contributed by atoms with Gasteiger partial charge < -0.3 is 4.74 Å². The van der Waals surface area contributed by atoms with E-state index in [4.69, 9.17) is 16.3 Å². The van der Waals surface area contributed by atoms with E-state index in [1.54, 1.807) is 7.11 Å². The Kier molecular flexibility index (Phi) is 4.89. The van der Waals surface area contributed by atoms with Crippen LogP contribution in [-0.4, -0.2) is 7.11 Å². The molecule has 0 bridgehead atoms. The van der Waals surface area contributed by atoms with Crippen LogP contribution in [0.1, 0.15) is 22.1 Å². The zero-order valence-electron chi connectivity index (χ0n) is 11.0. The van der Waals surface area contributed by atoms with E-state index in [1.165, 1.54) is 11.1 Å². The SMILES string of the molecule is COc1ccc(CC(Cl)c2ccc(C)cc2Br)cc1.